The maximum Gasteiger partial charge on any atom is 0.317 e. The largest absolute Gasteiger partial charge is 0.507 e. The van der Waals surface area contributed by atoms with E-state index < -0.39 is 60.4 Å². The third kappa shape index (κ3) is 6.00. The normalized spacial score (nSPS) is 30.1. The molecule has 1 heterocycles. The third-order valence-corrected chi connectivity index (χ3v) is 7.96. The number of phenolic OH excluding ortho intramolecular Hbond substituents is 2. The minimum absolute atomic E-state index is 0.0469. The highest BCUT2D eigenvalue weighted by Gasteiger charge is 2.64. The molecule has 0 aliphatic carbocycles. The number of hydrogen-bond acceptors (Lipinski definition) is 10. The predicted molar refractivity (Wildman–Crippen MR) is 132 cm³/mol. The molecule has 2 rings (SSSR count). The van der Waals surface area contributed by atoms with E-state index in [1.54, 1.807) is 20.8 Å². The Balaban J connectivity index is 2.41. The number of carboxylic acid groups (broad SMARTS) is 2. The number of aliphatic hydroxyl groups is 3. The van der Waals surface area contributed by atoms with Crippen LogP contribution in [0.5, 0.6) is 11.5 Å². The molecule has 12 nitrogen and oxygen atoms in total. The average molecular weight is 529 g/mol. The van der Waals surface area contributed by atoms with Crippen LogP contribution in [0.2, 0.25) is 0 Å². The van der Waals surface area contributed by atoms with Crippen LogP contribution >= 0.6 is 0 Å². The van der Waals surface area contributed by atoms with Crippen molar-refractivity contribution in [3.05, 3.63) is 23.3 Å². The number of carboxylic acids is 2. The van der Waals surface area contributed by atoms with Gasteiger partial charge in [0.2, 0.25) is 0 Å². The van der Waals surface area contributed by atoms with Gasteiger partial charge in [-0.1, -0.05) is 26.8 Å². The number of aliphatic carboxylic acids is 2. The van der Waals surface area contributed by atoms with E-state index in [-0.39, 0.29) is 48.2 Å². The quantitative estimate of drug-likeness (QED) is 0.182. The number of phenols is 2. The van der Waals surface area contributed by atoms with Crippen LogP contribution in [0.15, 0.2) is 12.1 Å². The Morgan fingerprint density at radius 1 is 1.08 bits per heavy atom. The summed E-state index contributed by atoms with van der Waals surface area (Å²) in [6, 6.07) is 1.87. The summed E-state index contributed by atoms with van der Waals surface area (Å²) in [4.78, 5) is 23.3. The highest BCUT2D eigenvalue weighted by molar-refractivity contribution is 5.72. The summed E-state index contributed by atoms with van der Waals surface area (Å²) in [5.41, 5.74) is -3.50. The maximum atomic E-state index is 11.8. The van der Waals surface area contributed by atoms with E-state index in [2.05, 4.69) is 5.32 Å². The smallest absolute Gasteiger partial charge is 0.317 e. The summed E-state index contributed by atoms with van der Waals surface area (Å²) < 4.78 is 6.14. The molecule has 8 N–H and O–H groups in total. The van der Waals surface area contributed by atoms with E-state index >= 15 is 0 Å². The Bertz CT molecular complexity index is 968. The second kappa shape index (κ2) is 11.5. The van der Waals surface area contributed by atoms with Gasteiger partial charge in [-0.2, -0.15) is 0 Å². The highest BCUT2D eigenvalue weighted by Crippen LogP contribution is 2.52. The monoisotopic (exact) mass is 528 g/mol. The molecule has 0 saturated carbocycles. The fourth-order valence-electron chi connectivity index (χ4n) is 5.43. The van der Waals surface area contributed by atoms with Gasteiger partial charge in [0.1, 0.15) is 17.1 Å². The first kappa shape index (κ1) is 30.7. The second-order valence-electron chi connectivity index (χ2n) is 10.7. The Morgan fingerprint density at radius 3 is 2.11 bits per heavy atom. The van der Waals surface area contributed by atoms with Gasteiger partial charge in [0.15, 0.2) is 0 Å². The van der Waals surface area contributed by atoms with Crippen LogP contribution in [-0.2, 0) is 27.4 Å². The summed E-state index contributed by atoms with van der Waals surface area (Å²) in [6.07, 6.45) is -0.763. The lowest BCUT2D eigenvalue weighted by Gasteiger charge is -2.62. The van der Waals surface area contributed by atoms with Gasteiger partial charge >= 0.3 is 11.9 Å². The summed E-state index contributed by atoms with van der Waals surface area (Å²) in [6.45, 7) is 6.36. The first-order chi connectivity index (χ1) is 17.0. The lowest BCUT2D eigenvalue weighted by Crippen LogP contribution is -2.77. The second-order valence-corrected chi connectivity index (χ2v) is 10.7. The topological polar surface area (TPSA) is 200 Å². The van der Waals surface area contributed by atoms with Crippen LogP contribution in [-0.4, -0.2) is 102 Å². The molecule has 5 atom stereocenters. The van der Waals surface area contributed by atoms with Crippen LogP contribution in [0, 0.1) is 11.3 Å². The zero-order valence-electron chi connectivity index (χ0n) is 21.9. The SMILES string of the molecule is CC(C)C1(C)C(CO)OC(C)(CO)[C@@H](NCc2ccc(O)c(CN(CC(=O)O)CC(=O)O)c2O)C1(C)O. The molecule has 0 spiro atoms. The van der Waals surface area contributed by atoms with Crippen LogP contribution < -0.4 is 5.32 Å². The third-order valence-electron chi connectivity index (χ3n) is 7.96. The minimum atomic E-state index is -1.50. The van der Waals surface area contributed by atoms with Crippen molar-refractivity contribution in [3.8, 4) is 11.5 Å². The maximum absolute atomic E-state index is 11.8. The van der Waals surface area contributed by atoms with Crippen LogP contribution in [0.3, 0.4) is 0 Å². The molecule has 1 aliphatic heterocycles. The number of ether oxygens (including phenoxy) is 1. The van der Waals surface area contributed by atoms with Crippen LogP contribution in [0.4, 0.5) is 0 Å². The molecule has 1 aromatic carbocycles. The number of hydrogen-bond donors (Lipinski definition) is 8. The van der Waals surface area contributed by atoms with Gasteiger partial charge in [-0.25, -0.2) is 0 Å². The Labute approximate surface area is 216 Å². The van der Waals surface area contributed by atoms with E-state index in [9.17, 15) is 35.1 Å². The van der Waals surface area contributed by atoms with Gasteiger partial charge in [-0.3, -0.25) is 14.5 Å². The molecule has 12 heteroatoms. The summed E-state index contributed by atoms with van der Waals surface area (Å²) in [5, 5.41) is 74.7. The highest BCUT2D eigenvalue weighted by atomic mass is 16.5. The molecular formula is C25H40N2O10. The fourth-order valence-corrected chi connectivity index (χ4v) is 5.43. The average Bonchev–Trinajstić information content (AvgIpc) is 2.79. The van der Waals surface area contributed by atoms with Gasteiger partial charge in [0.25, 0.3) is 0 Å². The Kier molecular flexibility index (Phi) is 9.56. The van der Waals surface area contributed by atoms with Crippen molar-refractivity contribution in [1.29, 1.82) is 0 Å². The first-order valence-corrected chi connectivity index (χ1v) is 12.1. The zero-order valence-corrected chi connectivity index (χ0v) is 21.9. The molecule has 1 fully saturated rings. The number of benzene rings is 1. The number of nitrogens with zero attached hydrogens (tertiary/aromatic N) is 1. The molecule has 1 saturated heterocycles. The van der Waals surface area contributed by atoms with Crippen molar-refractivity contribution >= 4 is 11.9 Å². The lowest BCUT2D eigenvalue weighted by molar-refractivity contribution is -0.301. The van der Waals surface area contributed by atoms with E-state index in [1.807, 2.05) is 13.8 Å². The Hall–Kier alpha value is -2.48. The molecule has 0 aromatic heterocycles. The minimum Gasteiger partial charge on any atom is -0.507 e. The molecule has 4 unspecified atom stereocenters. The molecule has 0 amide bonds. The molecule has 0 bridgehead atoms. The van der Waals surface area contributed by atoms with Crippen molar-refractivity contribution in [2.45, 2.75) is 71.1 Å². The van der Waals surface area contributed by atoms with E-state index in [0.717, 1.165) is 4.90 Å². The van der Waals surface area contributed by atoms with Gasteiger partial charge in [0, 0.05) is 29.6 Å². The van der Waals surface area contributed by atoms with Crippen molar-refractivity contribution in [3.63, 3.8) is 0 Å². The molecule has 210 valence electrons. The van der Waals surface area contributed by atoms with Gasteiger partial charge in [-0.05, 0) is 25.8 Å². The van der Waals surface area contributed by atoms with Crippen molar-refractivity contribution in [2.24, 2.45) is 11.3 Å². The number of carbonyl (C=O) groups is 2. The van der Waals surface area contributed by atoms with E-state index in [0.29, 0.717) is 0 Å². The molecule has 1 aliphatic rings. The zero-order chi connectivity index (χ0) is 28.3. The van der Waals surface area contributed by atoms with Gasteiger partial charge in [0.05, 0.1) is 44.1 Å². The Morgan fingerprint density at radius 2 is 1.65 bits per heavy atom. The number of aliphatic hydroxyl groups excluding tert-OH is 2. The molecule has 1 aromatic rings. The standard InChI is InChI=1S/C25H40N2O10/c1-14(2)24(4)18(12-28)37-23(3,13-29)22(25(24,5)36)26-8-15-6-7-17(30)16(21(15)35)9-27(10-19(31)32)11-20(33)34/h6-7,14,18,22,26,28-30,35-36H,8-13H2,1-5H3,(H,31,32)(H,33,34)/t18?,22-,23?,24?,25?/m1/s1. The molecular weight excluding hydrogens is 488 g/mol. The number of rotatable bonds is 12. The van der Waals surface area contributed by atoms with E-state index in [4.69, 9.17) is 14.9 Å². The molecule has 0 radical (unpaired) electrons. The van der Waals surface area contributed by atoms with Gasteiger partial charge < -0.3 is 45.8 Å². The summed E-state index contributed by atoms with van der Waals surface area (Å²) >= 11 is 0. The van der Waals surface area contributed by atoms with Crippen molar-refractivity contribution in [1.82, 2.24) is 10.2 Å². The first-order valence-electron chi connectivity index (χ1n) is 12.1. The van der Waals surface area contributed by atoms with E-state index in [1.165, 1.54) is 12.1 Å². The number of nitrogens with one attached hydrogen (secondary N) is 1. The summed E-state index contributed by atoms with van der Waals surface area (Å²) in [7, 11) is 0. The lowest BCUT2D eigenvalue weighted by atomic mass is 9.56. The predicted octanol–water partition coefficient (Wildman–Crippen LogP) is 0.0826. The summed E-state index contributed by atoms with van der Waals surface area (Å²) in [5.74, 6) is -3.37. The van der Waals surface area contributed by atoms with Crippen molar-refractivity contribution in [2.75, 3.05) is 26.3 Å². The van der Waals surface area contributed by atoms with Crippen LogP contribution in [0.1, 0.15) is 45.7 Å². The fraction of sp³-hybridized carbons (Fsp3) is 0.680. The van der Waals surface area contributed by atoms with Gasteiger partial charge in [-0.15, -0.1) is 0 Å². The van der Waals surface area contributed by atoms with Crippen molar-refractivity contribution < 1.29 is 50.1 Å². The van der Waals surface area contributed by atoms with Crippen LogP contribution in [0.25, 0.3) is 0 Å². The molecule has 37 heavy (non-hydrogen) atoms. The number of aromatic hydroxyl groups is 2.